The molecule has 0 saturated heterocycles. The van der Waals surface area contributed by atoms with Crippen molar-refractivity contribution in [3.8, 4) is 0 Å². The Morgan fingerprint density at radius 1 is 0.688 bits per heavy atom. The van der Waals surface area contributed by atoms with E-state index in [0.29, 0.717) is 0 Å². The van der Waals surface area contributed by atoms with Crippen LogP contribution < -0.4 is 0 Å². The Morgan fingerprint density at radius 3 is 1.56 bits per heavy atom. The van der Waals surface area contributed by atoms with Gasteiger partial charge in [-0.1, -0.05) is 86.0 Å². The van der Waals surface area contributed by atoms with Crippen LogP contribution in [0.1, 0.15) is 79.1 Å². The fourth-order valence-electron chi connectivity index (χ4n) is 2.33. The molecule has 0 aliphatic heterocycles. The Hall–Kier alpha value is 0. The molecule has 0 saturated carbocycles. The van der Waals surface area contributed by atoms with Gasteiger partial charge < -0.3 is 0 Å². The minimum absolute atomic E-state index is 0.879. The maximum atomic E-state index is 3.93. The van der Waals surface area contributed by atoms with Crippen LogP contribution in [0.2, 0.25) is 0 Å². The molecular weight excluding hydrogens is 192 g/mol. The van der Waals surface area contributed by atoms with Gasteiger partial charge in [0.15, 0.2) is 0 Å². The van der Waals surface area contributed by atoms with E-state index in [0.717, 1.165) is 24.2 Å². The van der Waals surface area contributed by atoms with Crippen LogP contribution in [0.25, 0.3) is 0 Å². The highest BCUT2D eigenvalue weighted by Gasteiger charge is 2.05. The third-order valence-corrected chi connectivity index (χ3v) is 3.57. The molecule has 97 valence electrons. The van der Waals surface area contributed by atoms with Gasteiger partial charge >= 0.3 is 0 Å². The van der Waals surface area contributed by atoms with Gasteiger partial charge in [-0.3, -0.25) is 0 Å². The smallest absolute Gasteiger partial charge is 0.0443 e. The van der Waals surface area contributed by atoms with Gasteiger partial charge in [0.1, 0.15) is 0 Å². The Labute approximate surface area is 104 Å². The summed E-state index contributed by atoms with van der Waals surface area (Å²) in [5.41, 5.74) is 0. The summed E-state index contributed by atoms with van der Waals surface area (Å²) in [5, 5.41) is 0. The van der Waals surface area contributed by atoms with Crippen molar-refractivity contribution >= 4 is 0 Å². The fourth-order valence-corrected chi connectivity index (χ4v) is 2.33. The zero-order chi connectivity index (χ0) is 12.4. The molecule has 0 aromatic rings. The van der Waals surface area contributed by atoms with Crippen molar-refractivity contribution in [3.63, 3.8) is 0 Å². The Bertz CT molecular complexity index is 137. The lowest BCUT2D eigenvalue weighted by molar-refractivity contribution is 0.393. The van der Waals surface area contributed by atoms with Crippen molar-refractivity contribution in [2.75, 3.05) is 0 Å². The summed E-state index contributed by atoms with van der Waals surface area (Å²) in [6, 6.07) is 0. The zero-order valence-electron chi connectivity index (χ0n) is 12.1. The fraction of sp³-hybridized carbons (Fsp3) is 0.938. The Balaban J connectivity index is 3.32. The first-order valence-corrected chi connectivity index (χ1v) is 7.35. The highest BCUT2D eigenvalue weighted by atomic mass is 14.1. The molecule has 1 radical (unpaired) electrons. The van der Waals surface area contributed by atoms with Gasteiger partial charge in [-0.15, -0.1) is 0 Å². The number of hydrogen-bond acceptors (Lipinski definition) is 0. The first-order chi connectivity index (χ1) is 7.56. The van der Waals surface area contributed by atoms with Gasteiger partial charge in [0.25, 0.3) is 0 Å². The molecular formula is C16H33. The molecule has 0 aromatic carbocycles. The topological polar surface area (TPSA) is 0 Å². The van der Waals surface area contributed by atoms with Crippen LogP contribution >= 0.6 is 0 Å². The molecule has 0 aromatic heterocycles. The lowest BCUT2D eigenvalue weighted by Crippen LogP contribution is -1.99. The molecule has 0 bridgehead atoms. The highest BCUT2D eigenvalue weighted by Crippen LogP contribution is 2.20. The predicted octanol–water partition coefficient (Wildman–Crippen LogP) is 5.87. The standard InChI is InChI=1S/C16H33/c1-6-9-15(4)12-8-13-16(5)11-7-10-14(2)3/h14-16H,1,6-13H2,2-5H3/t15-,16-/m1/s1. The van der Waals surface area contributed by atoms with Crippen molar-refractivity contribution < 1.29 is 0 Å². The van der Waals surface area contributed by atoms with Crippen LogP contribution in [0, 0.1) is 24.7 Å². The van der Waals surface area contributed by atoms with Gasteiger partial charge in [-0.2, -0.15) is 0 Å². The van der Waals surface area contributed by atoms with E-state index in [9.17, 15) is 0 Å². The maximum absolute atomic E-state index is 3.93. The normalized spacial score (nSPS) is 15.4. The number of hydrogen-bond donors (Lipinski definition) is 0. The molecule has 0 aliphatic carbocycles. The summed E-state index contributed by atoms with van der Waals surface area (Å²) >= 11 is 0. The van der Waals surface area contributed by atoms with Gasteiger partial charge in [-0.25, -0.2) is 0 Å². The molecule has 0 fully saturated rings. The molecule has 0 N–H and O–H groups in total. The summed E-state index contributed by atoms with van der Waals surface area (Å²) in [6.45, 7) is 13.4. The second-order valence-electron chi connectivity index (χ2n) is 6.11. The predicted molar refractivity (Wildman–Crippen MR) is 75.5 cm³/mol. The molecule has 0 heterocycles. The van der Waals surface area contributed by atoms with Crippen molar-refractivity contribution in [2.45, 2.75) is 79.1 Å². The van der Waals surface area contributed by atoms with Crippen LogP contribution in [-0.2, 0) is 0 Å². The lowest BCUT2D eigenvalue weighted by Gasteiger charge is -2.14. The molecule has 0 rings (SSSR count). The Morgan fingerprint density at radius 2 is 1.12 bits per heavy atom. The molecule has 2 atom stereocenters. The van der Waals surface area contributed by atoms with Crippen LogP contribution in [0.3, 0.4) is 0 Å². The monoisotopic (exact) mass is 225 g/mol. The maximum Gasteiger partial charge on any atom is -0.0443 e. The molecule has 0 aliphatic rings. The van der Waals surface area contributed by atoms with E-state index in [-0.39, 0.29) is 0 Å². The molecule has 16 heavy (non-hydrogen) atoms. The van der Waals surface area contributed by atoms with Crippen molar-refractivity contribution in [1.82, 2.24) is 0 Å². The average Bonchev–Trinajstić information content (AvgIpc) is 2.17. The van der Waals surface area contributed by atoms with Crippen molar-refractivity contribution in [2.24, 2.45) is 17.8 Å². The van der Waals surface area contributed by atoms with E-state index in [1.54, 1.807) is 0 Å². The quantitative estimate of drug-likeness (QED) is 0.436. The summed E-state index contributed by atoms with van der Waals surface area (Å²) in [4.78, 5) is 0. The van der Waals surface area contributed by atoms with Crippen molar-refractivity contribution in [1.29, 1.82) is 0 Å². The van der Waals surface area contributed by atoms with Crippen LogP contribution in [-0.4, -0.2) is 0 Å². The van der Waals surface area contributed by atoms with Crippen LogP contribution in [0.4, 0.5) is 0 Å². The minimum atomic E-state index is 0.879. The first kappa shape index (κ1) is 16.0. The zero-order valence-corrected chi connectivity index (χ0v) is 12.1. The van der Waals surface area contributed by atoms with E-state index in [4.69, 9.17) is 0 Å². The first-order valence-electron chi connectivity index (χ1n) is 7.35. The molecule has 0 spiro atoms. The molecule has 0 unspecified atom stereocenters. The van der Waals surface area contributed by atoms with Gasteiger partial charge in [0.2, 0.25) is 0 Å². The molecule has 0 amide bonds. The van der Waals surface area contributed by atoms with E-state index >= 15 is 0 Å². The Kier molecular flexibility index (Phi) is 10.2. The van der Waals surface area contributed by atoms with Crippen molar-refractivity contribution in [3.05, 3.63) is 6.92 Å². The highest BCUT2D eigenvalue weighted by molar-refractivity contribution is 4.59. The summed E-state index contributed by atoms with van der Waals surface area (Å²) in [5.74, 6) is 2.70. The second-order valence-corrected chi connectivity index (χ2v) is 6.11. The largest absolute Gasteiger partial charge is 0.0628 e. The molecule has 0 heteroatoms. The second kappa shape index (κ2) is 10.2. The minimum Gasteiger partial charge on any atom is -0.0628 e. The molecule has 0 nitrogen and oxygen atoms in total. The third-order valence-electron chi connectivity index (χ3n) is 3.57. The van der Waals surface area contributed by atoms with Gasteiger partial charge in [0, 0.05) is 0 Å². The van der Waals surface area contributed by atoms with E-state index in [1.165, 1.54) is 44.9 Å². The van der Waals surface area contributed by atoms with Crippen LogP contribution in [0.15, 0.2) is 0 Å². The van der Waals surface area contributed by atoms with Crippen LogP contribution in [0.5, 0.6) is 0 Å². The van der Waals surface area contributed by atoms with Gasteiger partial charge in [-0.05, 0) is 17.8 Å². The summed E-state index contributed by atoms with van der Waals surface area (Å²) in [6.07, 6.45) is 10.9. The SMILES string of the molecule is [CH2]CC[C@@H](C)CCC[C@H](C)CCCC(C)C. The van der Waals surface area contributed by atoms with E-state index in [1.807, 2.05) is 0 Å². The summed E-state index contributed by atoms with van der Waals surface area (Å²) < 4.78 is 0. The average molecular weight is 225 g/mol. The number of rotatable bonds is 10. The van der Waals surface area contributed by atoms with Gasteiger partial charge in [0.05, 0.1) is 0 Å². The lowest BCUT2D eigenvalue weighted by atomic mass is 9.92. The third kappa shape index (κ3) is 10.5. The van der Waals surface area contributed by atoms with E-state index < -0.39 is 0 Å². The van der Waals surface area contributed by atoms with E-state index in [2.05, 4.69) is 34.6 Å². The summed E-state index contributed by atoms with van der Waals surface area (Å²) in [7, 11) is 0.